The second-order valence-electron chi connectivity index (χ2n) is 7.56. The summed E-state index contributed by atoms with van der Waals surface area (Å²) in [7, 11) is 0. The number of rotatable bonds is 5. The lowest BCUT2D eigenvalue weighted by atomic mass is 10.0. The smallest absolute Gasteiger partial charge is 0.343 e. The molecular formula is C27H20ClN3O4. The maximum Gasteiger partial charge on any atom is 0.343 e. The van der Waals surface area contributed by atoms with E-state index in [-0.39, 0.29) is 5.75 Å². The second-order valence-corrected chi connectivity index (χ2v) is 8.00. The van der Waals surface area contributed by atoms with E-state index in [9.17, 15) is 14.4 Å². The topological polar surface area (TPSA) is 96.9 Å². The van der Waals surface area contributed by atoms with E-state index in [0.29, 0.717) is 21.8 Å². The van der Waals surface area contributed by atoms with Gasteiger partial charge in [0.05, 0.1) is 11.8 Å². The summed E-state index contributed by atoms with van der Waals surface area (Å²) in [6.07, 6.45) is 1.34. The Morgan fingerprint density at radius 3 is 2.34 bits per heavy atom. The summed E-state index contributed by atoms with van der Waals surface area (Å²) in [6, 6.07) is 24.3. The van der Waals surface area contributed by atoms with Gasteiger partial charge in [0, 0.05) is 16.3 Å². The highest BCUT2D eigenvalue weighted by Crippen LogP contribution is 2.27. The number of amides is 2. The number of aryl methyl sites for hydroxylation is 1. The molecule has 0 fully saturated rings. The van der Waals surface area contributed by atoms with E-state index in [0.717, 1.165) is 16.3 Å². The van der Waals surface area contributed by atoms with E-state index in [1.165, 1.54) is 6.21 Å². The highest BCUT2D eigenvalue weighted by atomic mass is 35.5. The van der Waals surface area contributed by atoms with E-state index >= 15 is 0 Å². The van der Waals surface area contributed by atoms with Gasteiger partial charge in [-0.25, -0.2) is 10.2 Å². The van der Waals surface area contributed by atoms with Crippen LogP contribution < -0.4 is 15.5 Å². The Morgan fingerprint density at radius 1 is 0.857 bits per heavy atom. The van der Waals surface area contributed by atoms with Crippen molar-refractivity contribution < 1.29 is 19.1 Å². The fourth-order valence-corrected chi connectivity index (χ4v) is 3.47. The van der Waals surface area contributed by atoms with Gasteiger partial charge in [-0.15, -0.1) is 0 Å². The molecule has 0 radical (unpaired) electrons. The molecule has 2 N–H and O–H groups in total. The molecule has 0 saturated carbocycles. The summed E-state index contributed by atoms with van der Waals surface area (Å²) in [5.74, 6) is -2.13. The standard InChI is InChI=1S/C27H20ClN3O4/c1-17-6-2-5-9-23(17)30-25(32)26(33)31-29-16-22-21-8-4-3-7-18(21)12-15-24(22)35-27(34)19-10-13-20(28)14-11-19/h2-16H,1H3,(H,30,32)(H,31,33). The quantitative estimate of drug-likeness (QED) is 0.135. The minimum absolute atomic E-state index is 0.242. The monoisotopic (exact) mass is 485 g/mol. The lowest BCUT2D eigenvalue weighted by molar-refractivity contribution is -0.136. The number of nitrogens with one attached hydrogen (secondary N) is 2. The number of esters is 1. The molecule has 0 heterocycles. The van der Waals surface area contributed by atoms with Crippen molar-refractivity contribution in [1.82, 2.24) is 5.43 Å². The van der Waals surface area contributed by atoms with Crippen LogP contribution in [0.25, 0.3) is 10.8 Å². The Balaban J connectivity index is 1.54. The predicted molar refractivity (Wildman–Crippen MR) is 136 cm³/mol. The van der Waals surface area contributed by atoms with Crippen LogP contribution in [0, 0.1) is 6.92 Å². The first-order chi connectivity index (χ1) is 16.9. The number of hydrazone groups is 1. The number of halogens is 1. The minimum Gasteiger partial charge on any atom is -0.422 e. The molecule has 0 aliphatic rings. The number of ether oxygens (including phenoxy) is 1. The molecule has 174 valence electrons. The van der Waals surface area contributed by atoms with Crippen LogP contribution >= 0.6 is 11.6 Å². The molecule has 0 bridgehead atoms. The zero-order valence-corrected chi connectivity index (χ0v) is 19.4. The Labute approximate surface area is 206 Å². The van der Waals surface area contributed by atoms with Gasteiger partial charge in [-0.05, 0) is 59.7 Å². The van der Waals surface area contributed by atoms with Gasteiger partial charge in [0.1, 0.15) is 5.75 Å². The molecule has 7 nitrogen and oxygen atoms in total. The third kappa shape index (κ3) is 5.72. The number of nitrogens with zero attached hydrogens (tertiary/aromatic N) is 1. The molecule has 35 heavy (non-hydrogen) atoms. The molecule has 2 amide bonds. The third-order valence-electron chi connectivity index (χ3n) is 5.17. The molecule has 4 rings (SSSR count). The lowest BCUT2D eigenvalue weighted by Crippen LogP contribution is -2.32. The SMILES string of the molecule is Cc1ccccc1NC(=O)C(=O)NN=Cc1c(OC(=O)c2ccc(Cl)cc2)ccc2ccccc12. The molecular weight excluding hydrogens is 466 g/mol. The van der Waals surface area contributed by atoms with Crippen LogP contribution in [0.5, 0.6) is 5.75 Å². The molecule has 4 aromatic carbocycles. The van der Waals surface area contributed by atoms with Crippen molar-refractivity contribution in [2.24, 2.45) is 5.10 Å². The van der Waals surface area contributed by atoms with Crippen molar-refractivity contribution in [2.75, 3.05) is 5.32 Å². The number of para-hydroxylation sites is 1. The van der Waals surface area contributed by atoms with Crippen molar-refractivity contribution in [3.8, 4) is 5.75 Å². The van der Waals surface area contributed by atoms with Crippen LogP contribution in [0.4, 0.5) is 5.69 Å². The van der Waals surface area contributed by atoms with Gasteiger partial charge in [0.2, 0.25) is 0 Å². The number of hydrogen-bond acceptors (Lipinski definition) is 5. The van der Waals surface area contributed by atoms with Crippen molar-refractivity contribution >= 4 is 52.1 Å². The molecule has 0 aromatic heterocycles. The molecule has 8 heteroatoms. The lowest BCUT2D eigenvalue weighted by Gasteiger charge is -2.11. The number of anilines is 1. The fourth-order valence-electron chi connectivity index (χ4n) is 3.34. The Hall–Kier alpha value is -4.49. The zero-order valence-electron chi connectivity index (χ0n) is 18.6. The van der Waals surface area contributed by atoms with Crippen LogP contribution in [-0.2, 0) is 9.59 Å². The highest BCUT2D eigenvalue weighted by molar-refractivity contribution is 6.39. The van der Waals surface area contributed by atoms with Crippen LogP contribution in [-0.4, -0.2) is 24.0 Å². The van der Waals surface area contributed by atoms with Gasteiger partial charge in [-0.3, -0.25) is 9.59 Å². The molecule has 0 unspecified atom stereocenters. The summed E-state index contributed by atoms with van der Waals surface area (Å²) in [6.45, 7) is 1.82. The van der Waals surface area contributed by atoms with E-state index in [2.05, 4.69) is 15.8 Å². The average molecular weight is 486 g/mol. The van der Waals surface area contributed by atoms with Crippen molar-refractivity contribution in [3.63, 3.8) is 0 Å². The van der Waals surface area contributed by atoms with Crippen molar-refractivity contribution in [3.05, 3.63) is 107 Å². The number of fused-ring (bicyclic) bond motifs is 1. The molecule has 0 aliphatic carbocycles. The third-order valence-corrected chi connectivity index (χ3v) is 5.42. The van der Waals surface area contributed by atoms with Crippen LogP contribution in [0.1, 0.15) is 21.5 Å². The average Bonchev–Trinajstić information content (AvgIpc) is 2.86. The first-order valence-electron chi connectivity index (χ1n) is 10.6. The van der Waals surface area contributed by atoms with Crippen LogP contribution in [0.3, 0.4) is 0 Å². The fraction of sp³-hybridized carbons (Fsp3) is 0.0370. The van der Waals surface area contributed by atoms with Crippen LogP contribution in [0.2, 0.25) is 5.02 Å². The van der Waals surface area contributed by atoms with E-state index < -0.39 is 17.8 Å². The summed E-state index contributed by atoms with van der Waals surface area (Å²) in [4.78, 5) is 37.1. The highest BCUT2D eigenvalue weighted by Gasteiger charge is 2.16. The number of benzene rings is 4. The maximum atomic E-state index is 12.7. The Kier molecular flexibility index (Phi) is 7.18. The molecule has 4 aromatic rings. The zero-order chi connectivity index (χ0) is 24.8. The van der Waals surface area contributed by atoms with Crippen molar-refractivity contribution in [2.45, 2.75) is 6.92 Å². The summed E-state index contributed by atoms with van der Waals surface area (Å²) in [5.41, 5.74) is 4.35. The van der Waals surface area contributed by atoms with Gasteiger partial charge < -0.3 is 10.1 Å². The van der Waals surface area contributed by atoms with Gasteiger partial charge in [0.25, 0.3) is 0 Å². The molecule has 0 saturated heterocycles. The summed E-state index contributed by atoms with van der Waals surface area (Å²) in [5, 5.41) is 8.61. The number of carbonyl (C=O) groups excluding carboxylic acids is 3. The maximum absolute atomic E-state index is 12.7. The van der Waals surface area contributed by atoms with E-state index in [1.54, 1.807) is 42.5 Å². The van der Waals surface area contributed by atoms with Gasteiger partial charge in [0.15, 0.2) is 0 Å². The largest absolute Gasteiger partial charge is 0.422 e. The minimum atomic E-state index is -0.940. The summed E-state index contributed by atoms with van der Waals surface area (Å²) >= 11 is 5.89. The van der Waals surface area contributed by atoms with Gasteiger partial charge in [-0.1, -0.05) is 60.1 Å². The van der Waals surface area contributed by atoms with E-state index in [1.807, 2.05) is 49.4 Å². The molecule has 0 atom stereocenters. The number of hydrogen-bond donors (Lipinski definition) is 2. The molecule has 0 aliphatic heterocycles. The summed E-state index contributed by atoms with van der Waals surface area (Å²) < 4.78 is 5.61. The predicted octanol–water partition coefficient (Wildman–Crippen LogP) is 5.11. The van der Waals surface area contributed by atoms with Gasteiger partial charge in [-0.2, -0.15) is 5.10 Å². The van der Waals surface area contributed by atoms with Crippen molar-refractivity contribution in [1.29, 1.82) is 0 Å². The Bertz CT molecular complexity index is 1450. The second kappa shape index (κ2) is 10.6. The Morgan fingerprint density at radius 2 is 1.57 bits per heavy atom. The first kappa shape index (κ1) is 23.7. The normalized spacial score (nSPS) is 10.8. The molecule has 0 spiro atoms. The number of carbonyl (C=O) groups is 3. The van der Waals surface area contributed by atoms with Gasteiger partial charge >= 0.3 is 17.8 Å². The first-order valence-corrected chi connectivity index (χ1v) is 11.0. The van der Waals surface area contributed by atoms with E-state index in [4.69, 9.17) is 16.3 Å². The van der Waals surface area contributed by atoms with Crippen LogP contribution in [0.15, 0.2) is 90.0 Å².